The summed E-state index contributed by atoms with van der Waals surface area (Å²) in [4.78, 5) is 17.1. The van der Waals surface area contributed by atoms with E-state index in [4.69, 9.17) is 5.73 Å². The molecule has 5 nitrogen and oxygen atoms in total. The molecule has 0 fully saturated rings. The lowest BCUT2D eigenvalue weighted by Gasteiger charge is -2.19. The third-order valence-corrected chi connectivity index (χ3v) is 4.80. The Kier molecular flexibility index (Phi) is 5.68. The molecule has 0 bridgehead atoms. The van der Waals surface area contributed by atoms with Gasteiger partial charge in [0.15, 0.2) is 0 Å². The van der Waals surface area contributed by atoms with E-state index in [0.717, 1.165) is 17.7 Å². The predicted molar refractivity (Wildman–Crippen MR) is 116 cm³/mol. The number of alkyl halides is 3. The largest absolute Gasteiger partial charge is 0.573 e. The van der Waals surface area contributed by atoms with Gasteiger partial charge in [0, 0.05) is 0 Å². The third kappa shape index (κ3) is 4.64. The highest BCUT2D eigenvalue weighted by molar-refractivity contribution is 5.87. The summed E-state index contributed by atoms with van der Waals surface area (Å²) in [6, 6.07) is 20.9. The highest BCUT2D eigenvalue weighted by Crippen LogP contribution is 2.30. The predicted octanol–water partition coefficient (Wildman–Crippen LogP) is 5.18. The van der Waals surface area contributed by atoms with Crippen molar-refractivity contribution in [3.63, 3.8) is 0 Å². The molecule has 1 amide bonds. The third-order valence-electron chi connectivity index (χ3n) is 4.80. The van der Waals surface area contributed by atoms with Crippen LogP contribution in [0.5, 0.6) is 5.75 Å². The van der Waals surface area contributed by atoms with Crippen LogP contribution in [-0.4, -0.2) is 21.8 Å². The standard InChI is InChI=1S/C24H18F3N3O2/c25-24(26,27)32-18-13-11-17(12-14-18)22(23(28)31)30-20-9-5-4-8-19(20)29-21(30)15-10-16-6-2-1-3-7-16/h1-15,22H,(H2,28,31)/b15-10+. The van der Waals surface area contributed by atoms with E-state index in [9.17, 15) is 18.0 Å². The molecule has 0 saturated heterocycles. The second-order valence-electron chi connectivity index (χ2n) is 6.99. The van der Waals surface area contributed by atoms with Gasteiger partial charge in [-0.2, -0.15) is 0 Å². The number of fused-ring (bicyclic) bond motifs is 1. The fourth-order valence-corrected chi connectivity index (χ4v) is 3.48. The number of rotatable bonds is 6. The van der Waals surface area contributed by atoms with Crippen molar-refractivity contribution in [3.05, 3.63) is 95.8 Å². The van der Waals surface area contributed by atoms with Crippen LogP contribution < -0.4 is 10.5 Å². The molecule has 2 N–H and O–H groups in total. The Hall–Kier alpha value is -4.07. The Morgan fingerprint density at radius 1 is 0.938 bits per heavy atom. The molecule has 0 spiro atoms. The molecule has 1 unspecified atom stereocenters. The molecule has 4 aromatic rings. The second kappa shape index (κ2) is 8.58. The molecule has 0 radical (unpaired) electrons. The number of benzene rings is 3. The summed E-state index contributed by atoms with van der Waals surface area (Å²) in [6.07, 6.45) is -1.18. The van der Waals surface area contributed by atoms with Gasteiger partial charge in [-0.1, -0.05) is 60.7 Å². The highest BCUT2D eigenvalue weighted by Gasteiger charge is 2.31. The maximum absolute atomic E-state index is 12.5. The van der Waals surface area contributed by atoms with E-state index in [1.807, 2.05) is 54.6 Å². The molecule has 32 heavy (non-hydrogen) atoms. The summed E-state index contributed by atoms with van der Waals surface area (Å²) in [5, 5.41) is 0. The quantitative estimate of drug-likeness (QED) is 0.452. The number of halogens is 3. The van der Waals surface area contributed by atoms with Crippen molar-refractivity contribution in [2.24, 2.45) is 5.73 Å². The van der Waals surface area contributed by atoms with Crippen molar-refractivity contribution >= 4 is 29.1 Å². The first-order chi connectivity index (χ1) is 15.3. The number of nitrogens with zero attached hydrogens (tertiary/aromatic N) is 2. The minimum Gasteiger partial charge on any atom is -0.406 e. The van der Waals surface area contributed by atoms with Crippen LogP contribution in [0.3, 0.4) is 0 Å². The number of imidazole rings is 1. The van der Waals surface area contributed by atoms with Crippen LogP contribution in [0.1, 0.15) is 23.0 Å². The monoisotopic (exact) mass is 437 g/mol. The van der Waals surface area contributed by atoms with Crippen LogP contribution in [0.15, 0.2) is 78.9 Å². The van der Waals surface area contributed by atoms with Crippen LogP contribution in [0.25, 0.3) is 23.2 Å². The SMILES string of the molecule is NC(=O)C(c1ccc(OC(F)(F)F)cc1)n1c(/C=C/c2ccccc2)nc2ccccc21. The molecule has 162 valence electrons. The molecule has 0 aliphatic heterocycles. The van der Waals surface area contributed by atoms with Gasteiger partial charge in [-0.3, -0.25) is 4.79 Å². The number of hydrogen-bond acceptors (Lipinski definition) is 3. The maximum atomic E-state index is 12.5. The lowest BCUT2D eigenvalue weighted by atomic mass is 10.1. The zero-order chi connectivity index (χ0) is 22.7. The van der Waals surface area contributed by atoms with Crippen LogP contribution in [-0.2, 0) is 4.79 Å². The van der Waals surface area contributed by atoms with Crippen LogP contribution in [0, 0.1) is 0 Å². The number of amides is 1. The summed E-state index contributed by atoms with van der Waals surface area (Å²) in [5.41, 5.74) is 8.41. The Morgan fingerprint density at radius 2 is 1.59 bits per heavy atom. The van der Waals surface area contributed by atoms with E-state index in [1.165, 1.54) is 12.1 Å². The molecule has 4 rings (SSSR count). The van der Waals surface area contributed by atoms with Gasteiger partial charge in [-0.05, 0) is 41.5 Å². The number of para-hydroxylation sites is 2. The lowest BCUT2D eigenvalue weighted by Crippen LogP contribution is -2.28. The number of hydrogen-bond donors (Lipinski definition) is 1. The molecule has 3 aromatic carbocycles. The van der Waals surface area contributed by atoms with E-state index in [2.05, 4.69) is 9.72 Å². The molecule has 1 aromatic heterocycles. The van der Waals surface area contributed by atoms with Gasteiger partial charge in [0.2, 0.25) is 5.91 Å². The molecule has 0 saturated carbocycles. The maximum Gasteiger partial charge on any atom is 0.573 e. The minimum absolute atomic E-state index is 0.385. The Labute approximate surface area is 181 Å². The van der Waals surface area contributed by atoms with E-state index >= 15 is 0 Å². The summed E-state index contributed by atoms with van der Waals surface area (Å²) in [5.74, 6) is -0.578. The van der Waals surface area contributed by atoms with Gasteiger partial charge in [0.25, 0.3) is 0 Å². The van der Waals surface area contributed by atoms with Crippen LogP contribution >= 0.6 is 0 Å². The second-order valence-corrected chi connectivity index (χ2v) is 6.99. The van der Waals surface area contributed by atoms with Crippen molar-refractivity contribution in [2.75, 3.05) is 0 Å². The normalized spacial score (nSPS) is 12.8. The summed E-state index contributed by atoms with van der Waals surface area (Å²) >= 11 is 0. The molecular weight excluding hydrogens is 419 g/mol. The smallest absolute Gasteiger partial charge is 0.406 e. The fraction of sp³-hybridized carbons (Fsp3) is 0.0833. The topological polar surface area (TPSA) is 70.1 Å². The van der Waals surface area contributed by atoms with Crippen molar-refractivity contribution in [3.8, 4) is 5.75 Å². The number of primary amides is 1. The van der Waals surface area contributed by atoms with Gasteiger partial charge >= 0.3 is 6.36 Å². The molecule has 8 heteroatoms. The number of carbonyl (C=O) groups excluding carboxylic acids is 1. The molecular formula is C24H18F3N3O2. The van der Waals surface area contributed by atoms with Gasteiger partial charge in [-0.25, -0.2) is 4.98 Å². The zero-order valence-corrected chi connectivity index (χ0v) is 16.7. The van der Waals surface area contributed by atoms with Crippen molar-refractivity contribution < 1.29 is 22.7 Å². The molecule has 0 aliphatic rings. The van der Waals surface area contributed by atoms with Crippen molar-refractivity contribution in [1.29, 1.82) is 0 Å². The number of carbonyl (C=O) groups is 1. The van der Waals surface area contributed by atoms with E-state index in [0.29, 0.717) is 22.4 Å². The molecule has 0 aliphatic carbocycles. The van der Waals surface area contributed by atoms with E-state index in [-0.39, 0.29) is 5.75 Å². The number of aromatic nitrogens is 2. The van der Waals surface area contributed by atoms with Crippen LogP contribution in [0.4, 0.5) is 13.2 Å². The van der Waals surface area contributed by atoms with Gasteiger partial charge in [0.1, 0.15) is 17.6 Å². The van der Waals surface area contributed by atoms with E-state index in [1.54, 1.807) is 16.7 Å². The zero-order valence-electron chi connectivity index (χ0n) is 16.7. The summed E-state index contributed by atoms with van der Waals surface area (Å²) in [7, 11) is 0. The molecule has 1 heterocycles. The Bertz CT molecular complexity index is 1260. The van der Waals surface area contributed by atoms with Gasteiger partial charge in [-0.15, -0.1) is 13.2 Å². The van der Waals surface area contributed by atoms with Gasteiger partial charge < -0.3 is 15.0 Å². The fourth-order valence-electron chi connectivity index (χ4n) is 3.48. The first kappa shape index (κ1) is 21.2. The molecule has 1 atom stereocenters. The number of nitrogens with two attached hydrogens (primary N) is 1. The van der Waals surface area contributed by atoms with E-state index < -0.39 is 18.3 Å². The Morgan fingerprint density at radius 3 is 2.25 bits per heavy atom. The van der Waals surface area contributed by atoms with Gasteiger partial charge in [0.05, 0.1) is 11.0 Å². The minimum atomic E-state index is -4.81. The van der Waals surface area contributed by atoms with Crippen molar-refractivity contribution in [2.45, 2.75) is 12.4 Å². The number of ether oxygens (including phenoxy) is 1. The van der Waals surface area contributed by atoms with Crippen molar-refractivity contribution in [1.82, 2.24) is 9.55 Å². The van der Waals surface area contributed by atoms with Crippen LogP contribution in [0.2, 0.25) is 0 Å². The first-order valence-electron chi connectivity index (χ1n) is 9.67. The highest BCUT2D eigenvalue weighted by atomic mass is 19.4. The average molecular weight is 437 g/mol. The Balaban J connectivity index is 1.80. The lowest BCUT2D eigenvalue weighted by molar-refractivity contribution is -0.274. The summed E-state index contributed by atoms with van der Waals surface area (Å²) in [6.45, 7) is 0. The first-order valence-corrected chi connectivity index (χ1v) is 9.67. The summed E-state index contributed by atoms with van der Waals surface area (Å²) < 4.78 is 43.1. The average Bonchev–Trinajstić information content (AvgIpc) is 3.11.